The van der Waals surface area contributed by atoms with E-state index in [9.17, 15) is 9.59 Å². The molecule has 0 radical (unpaired) electrons. The summed E-state index contributed by atoms with van der Waals surface area (Å²) in [5.74, 6) is -0.553. The molecule has 2 atom stereocenters. The molecule has 0 bridgehead atoms. The van der Waals surface area contributed by atoms with E-state index in [1.807, 2.05) is 26.8 Å². The van der Waals surface area contributed by atoms with Gasteiger partial charge < -0.3 is 14.8 Å². The summed E-state index contributed by atoms with van der Waals surface area (Å²) in [5, 5.41) is 11.5. The van der Waals surface area contributed by atoms with Gasteiger partial charge in [0.15, 0.2) is 12.2 Å². The number of rotatable bonds is 5. The van der Waals surface area contributed by atoms with Gasteiger partial charge in [-0.3, -0.25) is 4.79 Å². The molecule has 0 heterocycles. The fourth-order valence-corrected chi connectivity index (χ4v) is 1.66. The SMILES string of the molecule is C[C@@H](OC(=O)[C@@H](C)Oc1ccc(C#N)cc1)C(=O)NC(C)(C)C. The standard InChI is InChI=1S/C17H22N2O4/c1-11(15(20)19-17(3,4)5)23-16(21)12(2)22-14-8-6-13(10-18)7-9-14/h6-9,11-12H,1-5H3,(H,19,20)/t11-,12-/m1/s1. The Kier molecular flexibility index (Phi) is 6.14. The smallest absolute Gasteiger partial charge is 0.347 e. The first-order valence-electron chi connectivity index (χ1n) is 7.31. The van der Waals surface area contributed by atoms with Crippen LogP contribution >= 0.6 is 0 Å². The lowest BCUT2D eigenvalue weighted by Gasteiger charge is -2.24. The lowest BCUT2D eigenvalue weighted by molar-refractivity contribution is -0.161. The van der Waals surface area contributed by atoms with E-state index >= 15 is 0 Å². The number of benzene rings is 1. The number of carbonyl (C=O) groups excluding carboxylic acids is 2. The molecule has 0 saturated carbocycles. The average Bonchev–Trinajstić information content (AvgIpc) is 2.46. The summed E-state index contributed by atoms with van der Waals surface area (Å²) < 4.78 is 10.6. The van der Waals surface area contributed by atoms with Gasteiger partial charge in [0.05, 0.1) is 11.6 Å². The molecule has 1 N–H and O–H groups in total. The van der Waals surface area contributed by atoms with Crippen molar-refractivity contribution in [1.29, 1.82) is 5.26 Å². The first kappa shape index (κ1) is 18.5. The summed E-state index contributed by atoms with van der Waals surface area (Å²) in [4.78, 5) is 23.9. The zero-order valence-corrected chi connectivity index (χ0v) is 14.0. The molecule has 0 aliphatic carbocycles. The molecule has 1 aromatic rings. The Morgan fingerprint density at radius 1 is 1.13 bits per heavy atom. The van der Waals surface area contributed by atoms with Crippen LogP contribution in [0.4, 0.5) is 0 Å². The summed E-state index contributed by atoms with van der Waals surface area (Å²) in [7, 11) is 0. The van der Waals surface area contributed by atoms with Crippen LogP contribution in [0.25, 0.3) is 0 Å². The van der Waals surface area contributed by atoms with Crippen molar-refractivity contribution in [1.82, 2.24) is 5.32 Å². The van der Waals surface area contributed by atoms with Crippen molar-refractivity contribution in [3.05, 3.63) is 29.8 Å². The fraction of sp³-hybridized carbons (Fsp3) is 0.471. The number of carbonyl (C=O) groups is 2. The number of nitrogens with zero attached hydrogens (tertiary/aromatic N) is 1. The van der Waals surface area contributed by atoms with Gasteiger partial charge in [-0.05, 0) is 58.9 Å². The molecule has 0 aromatic heterocycles. The minimum atomic E-state index is -0.909. The summed E-state index contributed by atoms with van der Waals surface area (Å²) in [6, 6.07) is 8.37. The highest BCUT2D eigenvalue weighted by Crippen LogP contribution is 2.14. The van der Waals surface area contributed by atoms with Gasteiger partial charge in [0, 0.05) is 5.54 Å². The number of esters is 1. The summed E-state index contributed by atoms with van der Waals surface area (Å²) in [6.45, 7) is 8.57. The zero-order chi connectivity index (χ0) is 17.6. The van der Waals surface area contributed by atoms with E-state index in [1.54, 1.807) is 24.3 Å². The van der Waals surface area contributed by atoms with Crippen LogP contribution in [-0.4, -0.2) is 29.6 Å². The van der Waals surface area contributed by atoms with Gasteiger partial charge in [-0.25, -0.2) is 4.79 Å². The highest BCUT2D eigenvalue weighted by Gasteiger charge is 2.25. The Balaban J connectivity index is 2.56. The van der Waals surface area contributed by atoms with Crippen molar-refractivity contribution in [2.75, 3.05) is 0 Å². The third-order valence-corrected chi connectivity index (χ3v) is 2.79. The first-order chi connectivity index (χ1) is 10.6. The summed E-state index contributed by atoms with van der Waals surface area (Å²) in [5.41, 5.74) is 0.0996. The van der Waals surface area contributed by atoms with Crippen molar-refractivity contribution < 1.29 is 19.1 Å². The quantitative estimate of drug-likeness (QED) is 0.841. The third kappa shape index (κ3) is 6.39. The molecule has 0 saturated heterocycles. The van der Waals surface area contributed by atoms with Crippen LogP contribution in [0.5, 0.6) is 5.75 Å². The Morgan fingerprint density at radius 3 is 2.17 bits per heavy atom. The lowest BCUT2D eigenvalue weighted by Crippen LogP contribution is -2.47. The first-order valence-corrected chi connectivity index (χ1v) is 7.31. The molecule has 6 nitrogen and oxygen atoms in total. The van der Waals surface area contributed by atoms with Gasteiger partial charge in [-0.2, -0.15) is 5.26 Å². The number of hydrogen-bond donors (Lipinski definition) is 1. The maximum absolute atomic E-state index is 12.0. The molecule has 23 heavy (non-hydrogen) atoms. The second-order valence-corrected chi connectivity index (χ2v) is 6.21. The molecule has 0 unspecified atom stereocenters. The maximum atomic E-state index is 12.0. The Labute approximate surface area is 136 Å². The topological polar surface area (TPSA) is 88.4 Å². The van der Waals surface area contributed by atoms with Crippen LogP contribution in [-0.2, 0) is 14.3 Å². The van der Waals surface area contributed by atoms with Crippen LogP contribution in [0.15, 0.2) is 24.3 Å². The molecule has 124 valence electrons. The number of amides is 1. The predicted octanol–water partition coefficient (Wildman–Crippen LogP) is 2.17. The van der Waals surface area contributed by atoms with E-state index in [-0.39, 0.29) is 5.91 Å². The second-order valence-electron chi connectivity index (χ2n) is 6.21. The van der Waals surface area contributed by atoms with Crippen LogP contribution in [0.3, 0.4) is 0 Å². The van der Waals surface area contributed by atoms with Crippen molar-refractivity contribution in [2.45, 2.75) is 52.4 Å². The highest BCUT2D eigenvalue weighted by atomic mass is 16.6. The maximum Gasteiger partial charge on any atom is 0.347 e. The number of nitrogens with one attached hydrogen (secondary N) is 1. The molecule has 0 fully saturated rings. The van der Waals surface area contributed by atoms with Crippen LogP contribution in [0.1, 0.15) is 40.2 Å². The minimum Gasteiger partial charge on any atom is -0.479 e. The molecule has 0 aliphatic heterocycles. The van der Waals surface area contributed by atoms with Gasteiger partial charge >= 0.3 is 5.97 Å². The summed E-state index contributed by atoms with van der Waals surface area (Å²) in [6.07, 6.45) is -1.78. The van der Waals surface area contributed by atoms with Gasteiger partial charge in [-0.15, -0.1) is 0 Å². The number of ether oxygens (including phenoxy) is 2. The van der Waals surface area contributed by atoms with Gasteiger partial charge in [0.2, 0.25) is 0 Å². The van der Waals surface area contributed by atoms with Crippen LogP contribution < -0.4 is 10.1 Å². The van der Waals surface area contributed by atoms with E-state index in [0.29, 0.717) is 11.3 Å². The van der Waals surface area contributed by atoms with Gasteiger partial charge in [-0.1, -0.05) is 0 Å². The van der Waals surface area contributed by atoms with Gasteiger partial charge in [0.25, 0.3) is 5.91 Å². The predicted molar refractivity (Wildman–Crippen MR) is 84.7 cm³/mol. The van der Waals surface area contributed by atoms with Gasteiger partial charge in [0.1, 0.15) is 5.75 Å². The third-order valence-electron chi connectivity index (χ3n) is 2.79. The van der Waals surface area contributed by atoms with Crippen molar-refractivity contribution in [2.24, 2.45) is 0 Å². The molecule has 1 amide bonds. The van der Waals surface area contributed by atoms with Crippen LogP contribution in [0, 0.1) is 11.3 Å². The van der Waals surface area contributed by atoms with E-state index in [0.717, 1.165) is 0 Å². The monoisotopic (exact) mass is 318 g/mol. The minimum absolute atomic E-state index is 0.364. The largest absolute Gasteiger partial charge is 0.479 e. The van der Waals surface area contributed by atoms with E-state index in [1.165, 1.54) is 13.8 Å². The molecule has 1 rings (SSSR count). The normalized spacial score (nSPS) is 13.4. The fourth-order valence-electron chi connectivity index (χ4n) is 1.66. The molecule has 0 spiro atoms. The zero-order valence-electron chi connectivity index (χ0n) is 14.0. The van der Waals surface area contributed by atoms with Crippen LogP contribution in [0.2, 0.25) is 0 Å². The molecular formula is C17H22N2O4. The van der Waals surface area contributed by atoms with E-state index < -0.39 is 23.7 Å². The van der Waals surface area contributed by atoms with E-state index in [2.05, 4.69) is 5.32 Å². The second kappa shape index (κ2) is 7.63. The Bertz CT molecular complexity index is 597. The molecular weight excluding hydrogens is 296 g/mol. The average molecular weight is 318 g/mol. The number of nitriles is 1. The van der Waals surface area contributed by atoms with Crippen molar-refractivity contribution >= 4 is 11.9 Å². The Morgan fingerprint density at radius 2 is 1.70 bits per heavy atom. The Hall–Kier alpha value is -2.55. The molecule has 1 aromatic carbocycles. The van der Waals surface area contributed by atoms with Crippen molar-refractivity contribution in [3.8, 4) is 11.8 Å². The lowest BCUT2D eigenvalue weighted by atomic mass is 10.1. The number of hydrogen-bond acceptors (Lipinski definition) is 5. The van der Waals surface area contributed by atoms with E-state index in [4.69, 9.17) is 14.7 Å². The summed E-state index contributed by atoms with van der Waals surface area (Å²) >= 11 is 0. The molecule has 6 heteroatoms. The van der Waals surface area contributed by atoms with Crippen molar-refractivity contribution in [3.63, 3.8) is 0 Å². The highest BCUT2D eigenvalue weighted by molar-refractivity contribution is 5.84. The molecule has 0 aliphatic rings.